The van der Waals surface area contributed by atoms with E-state index in [0.29, 0.717) is 12.4 Å². The number of aryl methyl sites for hydroxylation is 3. The lowest BCUT2D eigenvalue weighted by molar-refractivity contribution is 0.716. The van der Waals surface area contributed by atoms with E-state index in [4.69, 9.17) is 0 Å². The van der Waals surface area contributed by atoms with Crippen molar-refractivity contribution in [1.29, 1.82) is 0 Å². The van der Waals surface area contributed by atoms with Gasteiger partial charge in [0, 0.05) is 23.0 Å². The number of hydrogen-bond acceptors (Lipinski definition) is 6. The minimum atomic E-state index is 0.0285. The lowest BCUT2D eigenvalue weighted by Gasteiger charge is -2.07. The third-order valence-corrected chi connectivity index (χ3v) is 5.57. The van der Waals surface area contributed by atoms with E-state index in [1.54, 1.807) is 15.9 Å². The van der Waals surface area contributed by atoms with E-state index in [1.807, 2.05) is 19.4 Å². The quantitative estimate of drug-likeness (QED) is 0.806. The molecule has 0 saturated carbocycles. The Morgan fingerprint density at radius 1 is 1.29 bits per heavy atom. The van der Waals surface area contributed by atoms with Crippen LogP contribution >= 0.6 is 22.7 Å². The van der Waals surface area contributed by atoms with Gasteiger partial charge in [-0.15, -0.1) is 11.3 Å². The van der Waals surface area contributed by atoms with Crippen LogP contribution in [-0.2, 0) is 6.54 Å². The van der Waals surface area contributed by atoms with Gasteiger partial charge in [0.1, 0.15) is 10.6 Å². The maximum Gasteiger partial charge on any atom is 0.307 e. The fraction of sp³-hybridized carbons (Fsp3) is 0.357. The summed E-state index contributed by atoms with van der Waals surface area (Å²) in [5.41, 5.74) is 2.16. The summed E-state index contributed by atoms with van der Waals surface area (Å²) < 4.78 is 1.71. The smallest absolute Gasteiger partial charge is 0.307 e. The molecule has 110 valence electrons. The molecule has 0 radical (unpaired) electrons. The van der Waals surface area contributed by atoms with Gasteiger partial charge in [0.2, 0.25) is 0 Å². The molecule has 0 aliphatic carbocycles. The van der Waals surface area contributed by atoms with Gasteiger partial charge in [0.25, 0.3) is 0 Å². The Labute approximate surface area is 130 Å². The van der Waals surface area contributed by atoms with Gasteiger partial charge in [-0.2, -0.15) is 0 Å². The molecule has 0 fully saturated rings. The molecule has 1 N–H and O–H groups in total. The summed E-state index contributed by atoms with van der Waals surface area (Å²) >= 11 is 2.88. The van der Waals surface area contributed by atoms with E-state index in [-0.39, 0.29) is 4.87 Å². The van der Waals surface area contributed by atoms with E-state index in [1.165, 1.54) is 21.8 Å². The monoisotopic (exact) mass is 320 g/mol. The van der Waals surface area contributed by atoms with E-state index in [2.05, 4.69) is 29.1 Å². The summed E-state index contributed by atoms with van der Waals surface area (Å²) in [4.78, 5) is 23.3. The first-order chi connectivity index (χ1) is 10.0. The van der Waals surface area contributed by atoms with Crippen molar-refractivity contribution in [3.05, 3.63) is 37.0 Å². The summed E-state index contributed by atoms with van der Waals surface area (Å²) in [6.07, 6.45) is 0. The fourth-order valence-electron chi connectivity index (χ4n) is 2.28. The van der Waals surface area contributed by atoms with Crippen LogP contribution in [-0.4, -0.2) is 21.6 Å². The Bertz CT molecular complexity index is 875. The van der Waals surface area contributed by atoms with Gasteiger partial charge >= 0.3 is 4.87 Å². The van der Waals surface area contributed by atoms with Crippen LogP contribution in [0.1, 0.15) is 22.0 Å². The molecule has 0 aromatic carbocycles. The number of hydrogen-bond donors (Lipinski definition) is 1. The lowest BCUT2D eigenvalue weighted by Crippen LogP contribution is -2.17. The lowest BCUT2D eigenvalue weighted by atomic mass is 10.2. The Hall–Kier alpha value is -1.73. The summed E-state index contributed by atoms with van der Waals surface area (Å²) in [5, 5.41) is 6.09. The second-order valence-electron chi connectivity index (χ2n) is 4.93. The van der Waals surface area contributed by atoms with E-state index in [9.17, 15) is 4.79 Å². The number of nitrogens with one attached hydrogen (secondary N) is 1. The minimum absolute atomic E-state index is 0.0285. The van der Waals surface area contributed by atoms with Crippen molar-refractivity contribution >= 4 is 38.7 Å². The molecule has 5 nitrogen and oxygen atoms in total. The normalized spacial score (nSPS) is 11.2. The molecule has 0 aliphatic rings. The number of aromatic nitrogens is 3. The average Bonchev–Trinajstić information content (AvgIpc) is 2.92. The number of anilines is 1. The van der Waals surface area contributed by atoms with Gasteiger partial charge in [0.15, 0.2) is 5.82 Å². The molecule has 7 heteroatoms. The minimum Gasteiger partial charge on any atom is -0.372 e. The zero-order valence-electron chi connectivity index (χ0n) is 12.4. The van der Waals surface area contributed by atoms with Crippen molar-refractivity contribution in [3.8, 4) is 0 Å². The van der Waals surface area contributed by atoms with E-state index in [0.717, 1.165) is 21.7 Å². The van der Waals surface area contributed by atoms with Crippen LogP contribution in [0.5, 0.6) is 0 Å². The Balaban J connectivity index is 2.14. The van der Waals surface area contributed by atoms with Crippen LogP contribution in [0.4, 0.5) is 5.82 Å². The molecule has 21 heavy (non-hydrogen) atoms. The first-order valence-corrected chi connectivity index (χ1v) is 8.30. The van der Waals surface area contributed by atoms with Gasteiger partial charge in [-0.25, -0.2) is 9.97 Å². The molecule has 0 saturated heterocycles. The van der Waals surface area contributed by atoms with Crippen molar-refractivity contribution in [1.82, 2.24) is 14.5 Å². The largest absolute Gasteiger partial charge is 0.372 e. The third kappa shape index (κ3) is 2.36. The average molecular weight is 320 g/mol. The molecule has 0 spiro atoms. The van der Waals surface area contributed by atoms with E-state index < -0.39 is 0 Å². The summed E-state index contributed by atoms with van der Waals surface area (Å²) in [7, 11) is 1.86. The number of thiophene rings is 1. The highest BCUT2D eigenvalue weighted by atomic mass is 32.1. The number of fused-ring (bicyclic) bond motifs is 1. The predicted molar refractivity (Wildman–Crippen MR) is 88.9 cm³/mol. The number of rotatable bonds is 3. The highest BCUT2D eigenvalue weighted by Crippen LogP contribution is 2.33. The second-order valence-corrected chi connectivity index (χ2v) is 6.95. The van der Waals surface area contributed by atoms with Gasteiger partial charge in [-0.1, -0.05) is 11.3 Å². The van der Waals surface area contributed by atoms with Gasteiger partial charge in [-0.05, 0) is 26.3 Å². The molecule has 0 aliphatic heterocycles. The first-order valence-electron chi connectivity index (χ1n) is 6.60. The number of thiazole rings is 1. The van der Waals surface area contributed by atoms with Crippen molar-refractivity contribution < 1.29 is 0 Å². The molecule has 0 atom stereocenters. The van der Waals surface area contributed by atoms with Crippen LogP contribution < -0.4 is 10.2 Å². The van der Waals surface area contributed by atoms with Gasteiger partial charge < -0.3 is 5.32 Å². The first kappa shape index (κ1) is 14.2. The van der Waals surface area contributed by atoms with Crippen LogP contribution in [0.3, 0.4) is 0 Å². The van der Waals surface area contributed by atoms with Crippen molar-refractivity contribution in [2.45, 2.75) is 27.3 Å². The van der Waals surface area contributed by atoms with Crippen molar-refractivity contribution in [2.75, 3.05) is 12.4 Å². The fourth-order valence-corrected chi connectivity index (χ4v) is 4.07. The molecular weight excluding hydrogens is 304 g/mol. The molecule has 0 amide bonds. The van der Waals surface area contributed by atoms with Crippen molar-refractivity contribution in [3.63, 3.8) is 0 Å². The van der Waals surface area contributed by atoms with Gasteiger partial charge in [0.05, 0.1) is 11.9 Å². The highest BCUT2D eigenvalue weighted by Gasteiger charge is 2.14. The predicted octanol–water partition coefficient (Wildman–Crippen LogP) is 2.93. The topological polar surface area (TPSA) is 59.8 Å². The SMILES string of the molecule is CNc1nc(Cn2c(C)csc2=O)nc2sc(C)c(C)c12. The van der Waals surface area contributed by atoms with Crippen LogP contribution in [0.25, 0.3) is 10.2 Å². The Morgan fingerprint density at radius 3 is 2.67 bits per heavy atom. The number of nitrogens with zero attached hydrogens (tertiary/aromatic N) is 3. The molecule has 3 aromatic rings. The molecule has 0 bridgehead atoms. The van der Waals surface area contributed by atoms with Crippen LogP contribution in [0, 0.1) is 20.8 Å². The summed E-state index contributed by atoms with van der Waals surface area (Å²) in [5.74, 6) is 1.49. The summed E-state index contributed by atoms with van der Waals surface area (Å²) in [6, 6.07) is 0. The Kier molecular flexibility index (Phi) is 3.54. The molecule has 3 heterocycles. The van der Waals surface area contributed by atoms with Crippen molar-refractivity contribution in [2.24, 2.45) is 0 Å². The maximum absolute atomic E-state index is 11.8. The standard InChI is InChI=1S/C14H16N4OS2/c1-7-6-20-14(19)18(7)5-10-16-12(15-4)11-8(2)9(3)21-13(11)17-10/h6H,5H2,1-4H3,(H,15,16,17). The molecule has 0 unspecified atom stereocenters. The molecular formula is C14H16N4OS2. The Morgan fingerprint density at radius 2 is 2.05 bits per heavy atom. The van der Waals surface area contributed by atoms with Gasteiger partial charge in [-0.3, -0.25) is 9.36 Å². The third-order valence-electron chi connectivity index (χ3n) is 3.59. The zero-order valence-corrected chi connectivity index (χ0v) is 14.0. The van der Waals surface area contributed by atoms with Crippen LogP contribution in [0.2, 0.25) is 0 Å². The molecule has 3 rings (SSSR count). The second kappa shape index (κ2) is 5.23. The van der Waals surface area contributed by atoms with E-state index >= 15 is 0 Å². The maximum atomic E-state index is 11.8. The molecule has 3 aromatic heterocycles. The zero-order chi connectivity index (χ0) is 15.1. The summed E-state index contributed by atoms with van der Waals surface area (Å²) in [6.45, 7) is 6.52. The van der Waals surface area contributed by atoms with Crippen LogP contribution in [0.15, 0.2) is 10.2 Å². The highest BCUT2D eigenvalue weighted by molar-refractivity contribution is 7.18.